The molecule has 2 aliphatic heterocycles. The van der Waals surface area contributed by atoms with Gasteiger partial charge in [0, 0.05) is 43.7 Å². The first kappa shape index (κ1) is 17.9. The van der Waals surface area contributed by atoms with Crippen LogP contribution in [0.2, 0.25) is 0 Å². The second-order valence-corrected chi connectivity index (χ2v) is 7.51. The van der Waals surface area contributed by atoms with Crippen molar-refractivity contribution in [1.29, 1.82) is 0 Å². The van der Waals surface area contributed by atoms with E-state index < -0.39 is 0 Å². The first-order valence-corrected chi connectivity index (χ1v) is 10.1. The van der Waals surface area contributed by atoms with E-state index in [1.807, 2.05) is 35.7 Å². The molecule has 3 heterocycles. The van der Waals surface area contributed by atoms with Gasteiger partial charge in [0.2, 0.25) is 0 Å². The standard InChI is InChI=1S/C19H22N4O3S/c24-17(16-7-4-12-26-16)22-8-10-23(11-9-22)19(25)21-18-20-15(13-27-18)14-5-2-1-3-6-14/h1-3,5-6,13,16H,4,7-12H2,(H,20,21,25). The third-order valence-corrected chi connectivity index (χ3v) is 5.63. The molecule has 2 saturated heterocycles. The summed E-state index contributed by atoms with van der Waals surface area (Å²) in [7, 11) is 0. The first-order valence-electron chi connectivity index (χ1n) is 9.18. The van der Waals surface area contributed by atoms with E-state index in [2.05, 4.69) is 10.3 Å². The number of rotatable bonds is 3. The number of hydrogen-bond acceptors (Lipinski definition) is 5. The topological polar surface area (TPSA) is 74.8 Å². The molecule has 0 radical (unpaired) electrons. The van der Waals surface area contributed by atoms with E-state index in [1.54, 1.807) is 9.80 Å². The molecule has 1 aromatic carbocycles. The number of aromatic nitrogens is 1. The predicted molar refractivity (Wildman–Crippen MR) is 104 cm³/mol. The maximum atomic E-state index is 12.5. The van der Waals surface area contributed by atoms with Gasteiger partial charge < -0.3 is 14.5 Å². The van der Waals surface area contributed by atoms with Gasteiger partial charge in [-0.05, 0) is 12.8 Å². The van der Waals surface area contributed by atoms with Crippen molar-refractivity contribution >= 4 is 28.4 Å². The van der Waals surface area contributed by atoms with Crippen molar-refractivity contribution < 1.29 is 14.3 Å². The number of thiazole rings is 1. The Morgan fingerprint density at radius 1 is 1.11 bits per heavy atom. The fourth-order valence-corrected chi connectivity index (χ4v) is 4.06. The molecule has 8 heteroatoms. The summed E-state index contributed by atoms with van der Waals surface area (Å²) in [5.74, 6) is 0.0555. The van der Waals surface area contributed by atoms with Crippen LogP contribution >= 0.6 is 11.3 Å². The van der Waals surface area contributed by atoms with Gasteiger partial charge in [0.25, 0.3) is 5.91 Å². The molecule has 0 saturated carbocycles. The number of urea groups is 1. The molecule has 7 nitrogen and oxygen atoms in total. The van der Waals surface area contributed by atoms with Gasteiger partial charge in [0.15, 0.2) is 5.13 Å². The molecule has 0 aliphatic carbocycles. The van der Waals surface area contributed by atoms with Crippen LogP contribution in [0.4, 0.5) is 9.93 Å². The smallest absolute Gasteiger partial charge is 0.323 e. The van der Waals surface area contributed by atoms with Crippen molar-refractivity contribution in [3.8, 4) is 11.3 Å². The molecule has 1 unspecified atom stereocenters. The maximum Gasteiger partial charge on any atom is 0.323 e. The van der Waals surface area contributed by atoms with Crippen LogP contribution in [0.25, 0.3) is 11.3 Å². The molecule has 0 bridgehead atoms. The van der Waals surface area contributed by atoms with Crippen LogP contribution in [0, 0.1) is 0 Å². The van der Waals surface area contributed by atoms with Gasteiger partial charge in [-0.3, -0.25) is 10.1 Å². The highest BCUT2D eigenvalue weighted by Gasteiger charge is 2.31. The van der Waals surface area contributed by atoms with Crippen LogP contribution in [-0.4, -0.2) is 65.6 Å². The summed E-state index contributed by atoms with van der Waals surface area (Å²) in [4.78, 5) is 32.9. The van der Waals surface area contributed by atoms with Crippen LogP contribution in [0.5, 0.6) is 0 Å². The number of nitrogens with zero attached hydrogens (tertiary/aromatic N) is 3. The lowest BCUT2D eigenvalue weighted by Crippen LogP contribution is -2.53. The van der Waals surface area contributed by atoms with Crippen LogP contribution in [0.3, 0.4) is 0 Å². The van der Waals surface area contributed by atoms with E-state index in [4.69, 9.17) is 4.74 Å². The minimum atomic E-state index is -0.294. The Balaban J connectivity index is 1.30. The third kappa shape index (κ3) is 4.12. The Morgan fingerprint density at radius 3 is 2.56 bits per heavy atom. The van der Waals surface area contributed by atoms with Gasteiger partial charge in [0.1, 0.15) is 6.10 Å². The Labute approximate surface area is 161 Å². The molecular formula is C19H22N4O3S. The van der Waals surface area contributed by atoms with E-state index in [9.17, 15) is 9.59 Å². The zero-order valence-electron chi connectivity index (χ0n) is 15.0. The predicted octanol–water partition coefficient (Wildman–Crippen LogP) is 2.67. The van der Waals surface area contributed by atoms with Crippen LogP contribution in [0.15, 0.2) is 35.7 Å². The van der Waals surface area contributed by atoms with Gasteiger partial charge in [-0.25, -0.2) is 9.78 Å². The first-order chi connectivity index (χ1) is 13.2. The zero-order chi connectivity index (χ0) is 18.6. The van der Waals surface area contributed by atoms with Gasteiger partial charge in [-0.2, -0.15) is 0 Å². The van der Waals surface area contributed by atoms with Crippen molar-refractivity contribution in [2.24, 2.45) is 0 Å². The lowest BCUT2D eigenvalue weighted by Gasteiger charge is -2.35. The van der Waals surface area contributed by atoms with Crippen molar-refractivity contribution in [2.75, 3.05) is 38.1 Å². The molecule has 27 heavy (non-hydrogen) atoms. The molecule has 2 aromatic rings. The monoisotopic (exact) mass is 386 g/mol. The van der Waals surface area contributed by atoms with Crippen molar-refractivity contribution in [3.63, 3.8) is 0 Å². The fourth-order valence-electron chi connectivity index (χ4n) is 3.35. The van der Waals surface area contributed by atoms with Gasteiger partial charge in [-0.15, -0.1) is 11.3 Å². The summed E-state index contributed by atoms with van der Waals surface area (Å²) in [5, 5.41) is 5.38. The lowest BCUT2D eigenvalue weighted by atomic mass is 10.2. The van der Waals surface area contributed by atoms with Crippen molar-refractivity contribution in [1.82, 2.24) is 14.8 Å². The molecule has 4 rings (SSSR count). The van der Waals surface area contributed by atoms with Crippen LogP contribution in [-0.2, 0) is 9.53 Å². The largest absolute Gasteiger partial charge is 0.368 e. The number of carbonyl (C=O) groups is 2. The summed E-state index contributed by atoms with van der Waals surface area (Å²) in [6, 6.07) is 9.69. The average Bonchev–Trinajstić information content (AvgIpc) is 3.40. The summed E-state index contributed by atoms with van der Waals surface area (Å²) in [6.07, 6.45) is 1.45. The van der Waals surface area contributed by atoms with Gasteiger partial charge >= 0.3 is 6.03 Å². The van der Waals surface area contributed by atoms with Crippen LogP contribution in [0.1, 0.15) is 12.8 Å². The molecule has 2 fully saturated rings. The molecular weight excluding hydrogens is 364 g/mol. The van der Waals surface area contributed by atoms with E-state index in [0.29, 0.717) is 37.9 Å². The normalized spacial score (nSPS) is 19.9. The van der Waals surface area contributed by atoms with Crippen molar-refractivity contribution in [2.45, 2.75) is 18.9 Å². The molecule has 1 aromatic heterocycles. The lowest BCUT2D eigenvalue weighted by molar-refractivity contribution is -0.142. The van der Waals surface area contributed by atoms with E-state index in [1.165, 1.54) is 11.3 Å². The minimum absolute atomic E-state index is 0.0555. The minimum Gasteiger partial charge on any atom is -0.368 e. The highest BCUT2D eigenvalue weighted by atomic mass is 32.1. The number of piperazine rings is 1. The van der Waals surface area contributed by atoms with Crippen molar-refractivity contribution in [3.05, 3.63) is 35.7 Å². The Bertz CT molecular complexity index is 796. The number of hydrogen-bond donors (Lipinski definition) is 1. The number of carbonyl (C=O) groups excluding carboxylic acids is 2. The Morgan fingerprint density at radius 2 is 1.85 bits per heavy atom. The quantitative estimate of drug-likeness (QED) is 0.880. The molecule has 2 aliphatic rings. The van der Waals surface area contributed by atoms with E-state index >= 15 is 0 Å². The second kappa shape index (κ2) is 8.06. The summed E-state index contributed by atoms with van der Waals surface area (Å²) in [5.41, 5.74) is 1.87. The summed E-state index contributed by atoms with van der Waals surface area (Å²) >= 11 is 1.41. The zero-order valence-corrected chi connectivity index (χ0v) is 15.8. The Hall–Kier alpha value is -2.45. The second-order valence-electron chi connectivity index (χ2n) is 6.65. The Kier molecular flexibility index (Phi) is 5.35. The maximum absolute atomic E-state index is 12.5. The fraction of sp³-hybridized carbons (Fsp3) is 0.421. The number of anilines is 1. The van der Waals surface area contributed by atoms with Gasteiger partial charge in [0.05, 0.1) is 5.69 Å². The molecule has 3 amide bonds. The highest BCUT2D eigenvalue weighted by molar-refractivity contribution is 7.14. The summed E-state index contributed by atoms with van der Waals surface area (Å²) in [6.45, 7) is 2.78. The molecule has 142 valence electrons. The average molecular weight is 386 g/mol. The molecule has 1 atom stereocenters. The number of amides is 3. The summed E-state index contributed by atoms with van der Waals surface area (Å²) < 4.78 is 5.47. The van der Waals surface area contributed by atoms with Crippen LogP contribution < -0.4 is 5.32 Å². The SMILES string of the molecule is O=C(Nc1nc(-c2ccccc2)cs1)N1CCN(C(=O)C2CCCO2)CC1. The highest BCUT2D eigenvalue weighted by Crippen LogP contribution is 2.25. The number of ether oxygens (including phenoxy) is 1. The van der Waals surface area contributed by atoms with E-state index in [0.717, 1.165) is 24.1 Å². The number of nitrogens with one attached hydrogen (secondary N) is 1. The van der Waals surface area contributed by atoms with E-state index in [-0.39, 0.29) is 18.0 Å². The third-order valence-electron chi connectivity index (χ3n) is 4.87. The molecule has 1 N–H and O–H groups in total. The molecule has 0 spiro atoms. The van der Waals surface area contributed by atoms with Gasteiger partial charge in [-0.1, -0.05) is 30.3 Å². The number of benzene rings is 1.